The van der Waals surface area contributed by atoms with Gasteiger partial charge in [-0.3, -0.25) is 0 Å². The maximum Gasteiger partial charge on any atom is 0.124 e. The molecule has 1 aliphatic rings. The fourth-order valence-corrected chi connectivity index (χ4v) is 4.52. The lowest BCUT2D eigenvalue weighted by molar-refractivity contribution is 0.167. The molecule has 1 fully saturated rings. The van der Waals surface area contributed by atoms with Crippen molar-refractivity contribution in [2.75, 3.05) is 0 Å². The van der Waals surface area contributed by atoms with E-state index in [0.29, 0.717) is 0 Å². The third kappa shape index (κ3) is 6.65. The van der Waals surface area contributed by atoms with E-state index in [1.165, 1.54) is 75.5 Å². The van der Waals surface area contributed by atoms with Crippen LogP contribution in [0.1, 0.15) is 82.8 Å². The summed E-state index contributed by atoms with van der Waals surface area (Å²) in [6.07, 6.45) is 13.4. The van der Waals surface area contributed by atoms with Crippen molar-refractivity contribution in [3.05, 3.63) is 66.0 Å². The molecule has 1 unspecified atom stereocenters. The van der Waals surface area contributed by atoms with Gasteiger partial charge < -0.3 is 4.74 Å². The summed E-state index contributed by atoms with van der Waals surface area (Å²) >= 11 is 0. The van der Waals surface area contributed by atoms with Gasteiger partial charge in [0.1, 0.15) is 17.7 Å². The average molecular weight is 383 g/mol. The summed E-state index contributed by atoms with van der Waals surface area (Å²) in [7, 11) is 0. The Kier molecular flexibility index (Phi) is 8.39. The zero-order valence-electron chi connectivity index (χ0n) is 17.3. The summed E-state index contributed by atoms with van der Waals surface area (Å²) in [4.78, 5) is 0. The number of ether oxygens (including phenoxy) is 1. The van der Waals surface area contributed by atoms with Gasteiger partial charge in [-0.1, -0.05) is 88.6 Å². The molecule has 0 saturated heterocycles. The first kappa shape index (κ1) is 20.9. The van der Waals surface area contributed by atoms with Crippen LogP contribution in [0.25, 0.3) is 0 Å². The Bertz CT molecular complexity index is 659. The van der Waals surface area contributed by atoms with E-state index in [2.05, 4.69) is 31.2 Å². The van der Waals surface area contributed by atoms with E-state index >= 15 is 0 Å². The molecule has 2 aromatic rings. The van der Waals surface area contributed by atoms with Gasteiger partial charge in [0.25, 0.3) is 0 Å². The molecular formula is C26H35FO. The van der Waals surface area contributed by atoms with Crippen LogP contribution in [-0.4, -0.2) is 0 Å². The predicted molar refractivity (Wildman–Crippen MR) is 115 cm³/mol. The molecule has 2 heteroatoms. The second-order valence-electron chi connectivity index (χ2n) is 8.43. The van der Waals surface area contributed by atoms with Crippen molar-refractivity contribution in [2.24, 2.45) is 11.8 Å². The van der Waals surface area contributed by atoms with Gasteiger partial charge in [-0.2, -0.15) is 0 Å². The Morgan fingerprint density at radius 2 is 1.50 bits per heavy atom. The van der Waals surface area contributed by atoms with Gasteiger partial charge in [0.2, 0.25) is 0 Å². The largest absolute Gasteiger partial charge is 0.486 e. The second-order valence-corrected chi connectivity index (χ2v) is 8.43. The highest BCUT2D eigenvalue weighted by Gasteiger charge is 2.23. The van der Waals surface area contributed by atoms with E-state index in [1.807, 2.05) is 6.07 Å². The molecule has 0 radical (unpaired) electrons. The Morgan fingerprint density at radius 3 is 2.14 bits per heavy atom. The molecule has 152 valence electrons. The molecule has 1 atom stereocenters. The molecular weight excluding hydrogens is 347 g/mol. The number of hydrogen-bond acceptors (Lipinski definition) is 1. The third-order valence-corrected chi connectivity index (χ3v) is 6.28. The highest BCUT2D eigenvalue weighted by Crippen LogP contribution is 2.36. The summed E-state index contributed by atoms with van der Waals surface area (Å²) in [6.45, 7) is 2.29. The standard InChI is InChI=1S/C26H35FO/c1-2-3-5-8-21-11-13-22(14-12-21)15-20-26(23-9-6-4-7-10-23)28-25-18-16-24(27)17-19-25/h4,6-7,9-10,16-19,21-22,26H,2-3,5,8,11-15,20H2,1H3/t21-,22-,26?. The first-order valence-corrected chi connectivity index (χ1v) is 11.2. The monoisotopic (exact) mass is 382 g/mol. The van der Waals surface area contributed by atoms with Crippen LogP contribution in [0.3, 0.4) is 0 Å². The zero-order valence-corrected chi connectivity index (χ0v) is 17.3. The normalized spacial score (nSPS) is 20.6. The number of rotatable bonds is 10. The van der Waals surface area contributed by atoms with Crippen molar-refractivity contribution in [2.45, 2.75) is 77.2 Å². The SMILES string of the molecule is CCCCC[C@H]1CC[C@H](CCC(Oc2ccc(F)cc2)c2ccccc2)CC1. The maximum atomic E-state index is 13.2. The van der Waals surface area contributed by atoms with Crippen LogP contribution in [0.5, 0.6) is 5.75 Å². The topological polar surface area (TPSA) is 9.23 Å². The van der Waals surface area contributed by atoms with Crippen molar-refractivity contribution in [3.8, 4) is 5.75 Å². The Balaban J connectivity index is 1.52. The molecule has 2 aromatic carbocycles. The van der Waals surface area contributed by atoms with E-state index < -0.39 is 0 Å². The van der Waals surface area contributed by atoms with E-state index in [9.17, 15) is 4.39 Å². The quantitative estimate of drug-likeness (QED) is 0.377. The molecule has 1 aliphatic carbocycles. The molecule has 0 N–H and O–H groups in total. The van der Waals surface area contributed by atoms with Crippen LogP contribution in [0.15, 0.2) is 54.6 Å². The fourth-order valence-electron chi connectivity index (χ4n) is 4.52. The maximum absolute atomic E-state index is 13.2. The number of halogens is 1. The minimum absolute atomic E-state index is 0.0361. The summed E-state index contributed by atoms with van der Waals surface area (Å²) < 4.78 is 19.5. The predicted octanol–water partition coefficient (Wildman–Crippen LogP) is 8.11. The van der Waals surface area contributed by atoms with Crippen LogP contribution in [0.4, 0.5) is 4.39 Å². The minimum atomic E-state index is -0.223. The summed E-state index contributed by atoms with van der Waals surface area (Å²) in [5.74, 6) is 2.31. The van der Waals surface area contributed by atoms with Crippen molar-refractivity contribution in [3.63, 3.8) is 0 Å². The minimum Gasteiger partial charge on any atom is -0.486 e. The first-order chi connectivity index (χ1) is 13.7. The van der Waals surface area contributed by atoms with E-state index in [0.717, 1.165) is 24.0 Å². The van der Waals surface area contributed by atoms with Crippen LogP contribution < -0.4 is 4.74 Å². The lowest BCUT2D eigenvalue weighted by Crippen LogP contribution is -2.16. The fraction of sp³-hybridized carbons (Fsp3) is 0.538. The van der Waals surface area contributed by atoms with E-state index in [4.69, 9.17) is 4.74 Å². The van der Waals surface area contributed by atoms with Gasteiger partial charge in [0.15, 0.2) is 0 Å². The number of unbranched alkanes of at least 4 members (excludes halogenated alkanes) is 2. The lowest BCUT2D eigenvalue weighted by Gasteiger charge is -2.30. The van der Waals surface area contributed by atoms with Crippen molar-refractivity contribution < 1.29 is 9.13 Å². The molecule has 0 aliphatic heterocycles. The molecule has 1 saturated carbocycles. The van der Waals surface area contributed by atoms with Crippen LogP contribution >= 0.6 is 0 Å². The Morgan fingerprint density at radius 1 is 0.857 bits per heavy atom. The Hall–Kier alpha value is -1.83. The summed E-state index contributed by atoms with van der Waals surface area (Å²) in [5, 5.41) is 0. The van der Waals surface area contributed by atoms with Gasteiger partial charge >= 0.3 is 0 Å². The summed E-state index contributed by atoms with van der Waals surface area (Å²) in [5.41, 5.74) is 1.21. The van der Waals surface area contributed by atoms with Crippen LogP contribution in [-0.2, 0) is 0 Å². The van der Waals surface area contributed by atoms with Crippen molar-refractivity contribution in [1.82, 2.24) is 0 Å². The van der Waals surface area contributed by atoms with Gasteiger partial charge in [0, 0.05) is 0 Å². The van der Waals surface area contributed by atoms with Crippen molar-refractivity contribution in [1.29, 1.82) is 0 Å². The molecule has 1 nitrogen and oxygen atoms in total. The van der Waals surface area contributed by atoms with Crippen LogP contribution in [0, 0.1) is 17.7 Å². The smallest absolute Gasteiger partial charge is 0.124 e. The molecule has 28 heavy (non-hydrogen) atoms. The van der Waals surface area contributed by atoms with Gasteiger partial charge in [-0.25, -0.2) is 4.39 Å². The molecule has 0 aromatic heterocycles. The molecule has 0 bridgehead atoms. The molecule has 3 rings (SSSR count). The Labute approximate surface area is 170 Å². The van der Waals surface area contributed by atoms with E-state index in [1.54, 1.807) is 12.1 Å². The molecule has 0 amide bonds. The van der Waals surface area contributed by atoms with Gasteiger partial charge in [-0.15, -0.1) is 0 Å². The third-order valence-electron chi connectivity index (χ3n) is 6.28. The van der Waals surface area contributed by atoms with Gasteiger partial charge in [0.05, 0.1) is 0 Å². The molecule has 0 heterocycles. The first-order valence-electron chi connectivity index (χ1n) is 11.2. The summed E-state index contributed by atoms with van der Waals surface area (Å²) in [6, 6.07) is 16.8. The van der Waals surface area contributed by atoms with E-state index in [-0.39, 0.29) is 11.9 Å². The average Bonchev–Trinajstić information content (AvgIpc) is 2.74. The number of hydrogen-bond donors (Lipinski definition) is 0. The highest BCUT2D eigenvalue weighted by molar-refractivity contribution is 5.25. The number of benzene rings is 2. The van der Waals surface area contributed by atoms with Crippen LogP contribution in [0.2, 0.25) is 0 Å². The lowest BCUT2D eigenvalue weighted by atomic mass is 9.77. The van der Waals surface area contributed by atoms with Crippen molar-refractivity contribution >= 4 is 0 Å². The second kappa shape index (κ2) is 11.2. The zero-order chi connectivity index (χ0) is 19.6. The highest BCUT2D eigenvalue weighted by atomic mass is 19.1. The molecule has 0 spiro atoms. The van der Waals surface area contributed by atoms with Gasteiger partial charge in [-0.05, 0) is 54.5 Å².